The van der Waals surface area contributed by atoms with E-state index in [1.165, 1.54) is 6.42 Å². The standard InChI is InChI=1S/C26H46O9/c1-5-6-7-8-9-10-11-19(28)34-35-24(32)26(17(2)3)14-12-25(4,13-15-26)23-22(31)21(30)20(29)18(16-27)33-23/h17-18,20-23,27,29-31H,5-16H2,1-4H3/t18-,20-,21+,22-,23?,25?,26?/m1/s1. The van der Waals surface area contributed by atoms with E-state index in [1.807, 2.05) is 20.8 Å². The van der Waals surface area contributed by atoms with Crippen molar-refractivity contribution in [3.63, 3.8) is 0 Å². The monoisotopic (exact) mass is 502 g/mol. The van der Waals surface area contributed by atoms with Crippen LogP contribution in [0.3, 0.4) is 0 Å². The van der Waals surface area contributed by atoms with E-state index in [2.05, 4.69) is 6.92 Å². The Morgan fingerprint density at radius 1 is 0.914 bits per heavy atom. The molecule has 1 unspecified atom stereocenters. The Balaban J connectivity index is 1.93. The summed E-state index contributed by atoms with van der Waals surface area (Å²) in [6, 6.07) is 0. The van der Waals surface area contributed by atoms with Crippen LogP contribution in [0.4, 0.5) is 0 Å². The fraction of sp³-hybridized carbons (Fsp3) is 0.923. The lowest BCUT2D eigenvalue weighted by molar-refractivity contribution is -0.275. The van der Waals surface area contributed by atoms with Crippen LogP contribution in [0.1, 0.15) is 98.3 Å². The number of carbonyl (C=O) groups excluding carboxylic acids is 2. The number of aliphatic hydroxyl groups excluding tert-OH is 4. The fourth-order valence-electron chi connectivity index (χ4n) is 5.51. The van der Waals surface area contributed by atoms with Gasteiger partial charge in [0.2, 0.25) is 0 Å². The molecule has 2 rings (SSSR count). The molecule has 1 heterocycles. The van der Waals surface area contributed by atoms with Crippen LogP contribution in [0.15, 0.2) is 0 Å². The zero-order valence-corrected chi connectivity index (χ0v) is 21.8. The highest BCUT2D eigenvalue weighted by Crippen LogP contribution is 2.53. The van der Waals surface area contributed by atoms with E-state index in [4.69, 9.17) is 14.5 Å². The molecule has 1 saturated heterocycles. The Morgan fingerprint density at radius 3 is 2.09 bits per heavy atom. The molecule has 0 bridgehead atoms. The van der Waals surface area contributed by atoms with Crippen molar-refractivity contribution in [3.05, 3.63) is 0 Å². The molecule has 1 aliphatic carbocycles. The SMILES string of the molecule is CCCCCCCCC(=O)OOC(=O)C1(C(C)C)CCC(C)(C2O[C@H](CO)[C@@H](O)[C@H](O)[C@H]2O)CC1. The fourth-order valence-corrected chi connectivity index (χ4v) is 5.51. The van der Waals surface area contributed by atoms with Crippen molar-refractivity contribution in [2.75, 3.05) is 6.61 Å². The normalized spacial score (nSPS) is 35.6. The topological polar surface area (TPSA) is 143 Å². The second-order valence-corrected chi connectivity index (χ2v) is 11.1. The van der Waals surface area contributed by atoms with Crippen LogP contribution in [-0.2, 0) is 24.1 Å². The summed E-state index contributed by atoms with van der Waals surface area (Å²) in [5.41, 5.74) is -1.45. The summed E-state index contributed by atoms with van der Waals surface area (Å²) >= 11 is 0. The van der Waals surface area contributed by atoms with Crippen LogP contribution in [0.25, 0.3) is 0 Å². The van der Waals surface area contributed by atoms with E-state index in [9.17, 15) is 30.0 Å². The summed E-state index contributed by atoms with van der Waals surface area (Å²) < 4.78 is 5.81. The molecule has 1 saturated carbocycles. The minimum absolute atomic E-state index is 0.0772. The third-order valence-corrected chi connectivity index (χ3v) is 8.32. The molecule has 9 heteroatoms. The van der Waals surface area contributed by atoms with Gasteiger partial charge in [-0.05, 0) is 43.4 Å². The first kappa shape index (κ1) is 30.0. The van der Waals surface area contributed by atoms with Crippen LogP contribution in [0, 0.1) is 16.7 Å². The van der Waals surface area contributed by atoms with E-state index in [-0.39, 0.29) is 12.3 Å². The number of hydrogen-bond acceptors (Lipinski definition) is 9. The first-order valence-corrected chi connectivity index (χ1v) is 13.2. The van der Waals surface area contributed by atoms with E-state index < -0.39 is 59.9 Å². The van der Waals surface area contributed by atoms with Gasteiger partial charge in [-0.2, -0.15) is 0 Å². The Bertz CT molecular complexity index is 670. The second-order valence-electron chi connectivity index (χ2n) is 11.1. The molecule has 2 aliphatic rings. The lowest BCUT2D eigenvalue weighted by Gasteiger charge is -2.52. The molecule has 35 heavy (non-hydrogen) atoms. The zero-order valence-electron chi connectivity index (χ0n) is 21.8. The molecule has 4 N–H and O–H groups in total. The molecule has 9 nitrogen and oxygen atoms in total. The average Bonchev–Trinajstić information content (AvgIpc) is 2.83. The minimum atomic E-state index is -1.43. The van der Waals surface area contributed by atoms with Gasteiger partial charge in [-0.15, -0.1) is 0 Å². The average molecular weight is 503 g/mol. The van der Waals surface area contributed by atoms with Gasteiger partial charge >= 0.3 is 11.9 Å². The van der Waals surface area contributed by atoms with Gasteiger partial charge in [0.05, 0.1) is 24.5 Å². The van der Waals surface area contributed by atoms with Gasteiger partial charge in [-0.25, -0.2) is 19.4 Å². The van der Waals surface area contributed by atoms with Gasteiger partial charge in [0.25, 0.3) is 0 Å². The van der Waals surface area contributed by atoms with E-state index in [0.29, 0.717) is 32.1 Å². The van der Waals surface area contributed by atoms with Crippen molar-refractivity contribution in [3.8, 4) is 0 Å². The van der Waals surface area contributed by atoms with Crippen LogP contribution >= 0.6 is 0 Å². The van der Waals surface area contributed by atoms with Crippen molar-refractivity contribution < 1.29 is 44.5 Å². The summed E-state index contributed by atoms with van der Waals surface area (Å²) in [5, 5.41) is 40.4. The second kappa shape index (κ2) is 13.3. The van der Waals surface area contributed by atoms with Crippen LogP contribution < -0.4 is 0 Å². The molecule has 5 atom stereocenters. The van der Waals surface area contributed by atoms with Crippen molar-refractivity contribution in [2.24, 2.45) is 16.7 Å². The number of hydrogen-bond donors (Lipinski definition) is 4. The Hall–Kier alpha value is -1.26. The first-order chi connectivity index (χ1) is 16.5. The quantitative estimate of drug-likeness (QED) is 0.190. The summed E-state index contributed by atoms with van der Waals surface area (Å²) in [5.74, 6) is -1.19. The number of rotatable bonds is 11. The maximum atomic E-state index is 13.1. The lowest BCUT2D eigenvalue weighted by atomic mass is 9.57. The van der Waals surface area contributed by atoms with Gasteiger partial charge in [-0.3, -0.25) is 0 Å². The van der Waals surface area contributed by atoms with Crippen molar-refractivity contribution in [2.45, 2.75) is 129 Å². The van der Waals surface area contributed by atoms with Gasteiger partial charge in [0.15, 0.2) is 0 Å². The van der Waals surface area contributed by atoms with Crippen LogP contribution in [-0.4, -0.2) is 69.5 Å². The summed E-state index contributed by atoms with van der Waals surface area (Å²) in [6.45, 7) is 7.43. The van der Waals surface area contributed by atoms with Crippen molar-refractivity contribution in [1.29, 1.82) is 0 Å². The zero-order chi connectivity index (χ0) is 26.2. The summed E-state index contributed by atoms with van der Waals surface area (Å²) in [7, 11) is 0. The number of ether oxygens (including phenoxy) is 1. The summed E-state index contributed by atoms with van der Waals surface area (Å²) in [4.78, 5) is 35.0. The lowest BCUT2D eigenvalue weighted by Crippen LogP contribution is -2.63. The van der Waals surface area contributed by atoms with Gasteiger partial charge in [-0.1, -0.05) is 59.8 Å². The van der Waals surface area contributed by atoms with E-state index in [0.717, 1.165) is 25.7 Å². The highest BCUT2D eigenvalue weighted by Gasteiger charge is 2.56. The van der Waals surface area contributed by atoms with Gasteiger partial charge in [0, 0.05) is 0 Å². The predicted molar refractivity (Wildman–Crippen MR) is 128 cm³/mol. The highest BCUT2D eigenvalue weighted by molar-refractivity contribution is 5.78. The van der Waals surface area contributed by atoms with Gasteiger partial charge in [0.1, 0.15) is 24.4 Å². The molecule has 1 aliphatic heterocycles. The smallest absolute Gasteiger partial charge is 0.361 e. The van der Waals surface area contributed by atoms with E-state index >= 15 is 0 Å². The van der Waals surface area contributed by atoms with Crippen molar-refractivity contribution >= 4 is 11.9 Å². The number of unbranched alkanes of at least 4 members (excludes halogenated alkanes) is 5. The minimum Gasteiger partial charge on any atom is -0.394 e. The molecular weight excluding hydrogens is 456 g/mol. The third-order valence-electron chi connectivity index (χ3n) is 8.32. The third kappa shape index (κ3) is 7.16. The molecule has 0 aromatic carbocycles. The molecule has 0 aromatic heterocycles. The van der Waals surface area contributed by atoms with Gasteiger partial charge < -0.3 is 25.2 Å². The first-order valence-electron chi connectivity index (χ1n) is 13.2. The van der Waals surface area contributed by atoms with Crippen LogP contribution in [0.2, 0.25) is 0 Å². The number of aliphatic hydroxyl groups is 4. The van der Waals surface area contributed by atoms with E-state index in [1.54, 1.807) is 0 Å². The predicted octanol–water partition coefficient (Wildman–Crippen LogP) is 2.80. The molecule has 204 valence electrons. The maximum absolute atomic E-state index is 13.1. The number of carbonyl (C=O) groups is 2. The van der Waals surface area contributed by atoms with Crippen molar-refractivity contribution in [1.82, 2.24) is 0 Å². The Labute approximate surface area is 209 Å². The molecule has 2 fully saturated rings. The largest absolute Gasteiger partial charge is 0.394 e. The Morgan fingerprint density at radius 2 is 1.51 bits per heavy atom. The highest BCUT2D eigenvalue weighted by atomic mass is 17.2. The van der Waals surface area contributed by atoms with Crippen LogP contribution in [0.5, 0.6) is 0 Å². The Kier molecular flexibility index (Phi) is 11.4. The molecule has 0 radical (unpaired) electrons. The summed E-state index contributed by atoms with van der Waals surface area (Å²) in [6.07, 6.45) is 2.29. The maximum Gasteiger partial charge on any atom is 0.361 e. The molecule has 0 spiro atoms. The molecule has 0 amide bonds. The molecule has 0 aromatic rings. The molecular formula is C26H46O9.